The van der Waals surface area contributed by atoms with Crippen molar-refractivity contribution in [3.05, 3.63) is 0 Å². The molecular formula is C22H39N3O2. The van der Waals surface area contributed by atoms with Gasteiger partial charge in [0.05, 0.1) is 0 Å². The van der Waals surface area contributed by atoms with Crippen molar-refractivity contribution in [3.63, 3.8) is 0 Å². The van der Waals surface area contributed by atoms with Gasteiger partial charge in [0.2, 0.25) is 11.8 Å². The van der Waals surface area contributed by atoms with Crippen LogP contribution in [0.3, 0.4) is 0 Å². The molecule has 1 aliphatic carbocycles. The van der Waals surface area contributed by atoms with Crippen LogP contribution in [0, 0.1) is 11.3 Å². The number of hydrogen-bond donors (Lipinski definition) is 1. The van der Waals surface area contributed by atoms with E-state index < -0.39 is 0 Å². The number of piperidine rings is 2. The van der Waals surface area contributed by atoms with Crippen LogP contribution in [-0.4, -0.2) is 59.9 Å². The zero-order chi connectivity index (χ0) is 19.4. The molecule has 2 aliphatic heterocycles. The van der Waals surface area contributed by atoms with Gasteiger partial charge in [-0.05, 0) is 65.5 Å². The minimum Gasteiger partial charge on any atom is -0.354 e. The SMILES string of the molecule is CC(C)NC(=O)C1CCN(C2CCN(C(=O)C3(C)CCCCC3)CC2)CC1. The molecule has 2 heterocycles. The molecule has 0 radical (unpaired) electrons. The second kappa shape index (κ2) is 8.93. The summed E-state index contributed by atoms with van der Waals surface area (Å²) in [6.07, 6.45) is 9.95. The van der Waals surface area contributed by atoms with Crippen LogP contribution < -0.4 is 5.32 Å². The molecule has 1 N–H and O–H groups in total. The van der Waals surface area contributed by atoms with E-state index >= 15 is 0 Å². The Morgan fingerprint density at radius 1 is 0.926 bits per heavy atom. The van der Waals surface area contributed by atoms with Crippen molar-refractivity contribution < 1.29 is 9.59 Å². The summed E-state index contributed by atoms with van der Waals surface area (Å²) in [6.45, 7) is 10.1. The Balaban J connectivity index is 1.43. The van der Waals surface area contributed by atoms with Crippen molar-refractivity contribution in [2.45, 2.75) is 90.6 Å². The first-order valence-electron chi connectivity index (χ1n) is 11.2. The van der Waals surface area contributed by atoms with Crippen molar-refractivity contribution in [1.82, 2.24) is 15.1 Å². The van der Waals surface area contributed by atoms with E-state index in [1.807, 2.05) is 13.8 Å². The number of carbonyl (C=O) groups excluding carboxylic acids is 2. The molecule has 27 heavy (non-hydrogen) atoms. The molecule has 154 valence electrons. The van der Waals surface area contributed by atoms with Crippen molar-refractivity contribution >= 4 is 11.8 Å². The molecule has 0 bridgehead atoms. The highest BCUT2D eigenvalue weighted by Crippen LogP contribution is 2.38. The predicted molar refractivity (Wildman–Crippen MR) is 108 cm³/mol. The Morgan fingerprint density at radius 3 is 2.07 bits per heavy atom. The van der Waals surface area contributed by atoms with E-state index in [0.717, 1.165) is 64.7 Å². The summed E-state index contributed by atoms with van der Waals surface area (Å²) in [6, 6.07) is 0.811. The predicted octanol–water partition coefficient (Wildman–Crippen LogP) is 3.18. The van der Waals surface area contributed by atoms with Gasteiger partial charge >= 0.3 is 0 Å². The maximum atomic E-state index is 13.0. The molecule has 0 aromatic carbocycles. The van der Waals surface area contributed by atoms with Crippen molar-refractivity contribution in [2.24, 2.45) is 11.3 Å². The van der Waals surface area contributed by atoms with Gasteiger partial charge in [0.25, 0.3) is 0 Å². The number of nitrogens with one attached hydrogen (secondary N) is 1. The molecule has 2 saturated heterocycles. The summed E-state index contributed by atoms with van der Waals surface area (Å²) >= 11 is 0. The molecule has 0 atom stereocenters. The van der Waals surface area contributed by atoms with Crippen LogP contribution in [0.4, 0.5) is 0 Å². The lowest BCUT2D eigenvalue weighted by Crippen LogP contribution is -2.52. The van der Waals surface area contributed by atoms with E-state index in [9.17, 15) is 9.59 Å². The molecule has 5 heteroatoms. The normalized spacial score (nSPS) is 25.6. The molecule has 0 spiro atoms. The van der Waals surface area contributed by atoms with E-state index in [1.165, 1.54) is 19.3 Å². The summed E-state index contributed by atoms with van der Waals surface area (Å²) in [5, 5.41) is 3.06. The second-order valence-electron chi connectivity index (χ2n) is 9.62. The monoisotopic (exact) mass is 377 g/mol. The van der Waals surface area contributed by atoms with Gasteiger partial charge in [-0.3, -0.25) is 9.59 Å². The second-order valence-corrected chi connectivity index (χ2v) is 9.62. The van der Waals surface area contributed by atoms with Crippen molar-refractivity contribution in [1.29, 1.82) is 0 Å². The van der Waals surface area contributed by atoms with Crippen LogP contribution in [0.2, 0.25) is 0 Å². The Bertz CT molecular complexity index is 512. The highest BCUT2D eigenvalue weighted by Gasteiger charge is 2.39. The molecule has 0 aromatic rings. The van der Waals surface area contributed by atoms with E-state index in [1.54, 1.807) is 0 Å². The largest absolute Gasteiger partial charge is 0.354 e. The Hall–Kier alpha value is -1.10. The van der Waals surface area contributed by atoms with Crippen LogP contribution in [0.15, 0.2) is 0 Å². The molecular weight excluding hydrogens is 338 g/mol. The molecule has 3 fully saturated rings. The number of likely N-dealkylation sites (tertiary alicyclic amines) is 2. The third-order valence-electron chi connectivity index (χ3n) is 7.07. The van der Waals surface area contributed by atoms with Gasteiger partial charge in [-0.25, -0.2) is 0 Å². The van der Waals surface area contributed by atoms with E-state index in [-0.39, 0.29) is 23.3 Å². The standard InChI is InChI=1S/C22H39N3O2/c1-17(2)23-20(26)18-7-13-24(14-8-18)19-9-15-25(16-10-19)21(27)22(3)11-5-4-6-12-22/h17-19H,4-16H2,1-3H3,(H,23,26). The summed E-state index contributed by atoms with van der Waals surface area (Å²) < 4.78 is 0. The first-order valence-corrected chi connectivity index (χ1v) is 11.2. The van der Waals surface area contributed by atoms with Gasteiger partial charge in [0.1, 0.15) is 0 Å². The lowest BCUT2D eigenvalue weighted by molar-refractivity contribution is -0.145. The summed E-state index contributed by atoms with van der Waals surface area (Å²) in [7, 11) is 0. The summed E-state index contributed by atoms with van der Waals surface area (Å²) in [5.41, 5.74) is -0.104. The molecule has 3 rings (SSSR count). The van der Waals surface area contributed by atoms with Crippen LogP contribution >= 0.6 is 0 Å². The molecule has 3 aliphatic rings. The smallest absolute Gasteiger partial charge is 0.228 e. The average Bonchev–Trinajstić information content (AvgIpc) is 2.68. The summed E-state index contributed by atoms with van der Waals surface area (Å²) in [4.78, 5) is 30.0. The maximum absolute atomic E-state index is 13.0. The van der Waals surface area contributed by atoms with Gasteiger partial charge in [-0.2, -0.15) is 0 Å². The third kappa shape index (κ3) is 5.04. The minimum absolute atomic E-state index is 0.104. The first-order chi connectivity index (χ1) is 12.9. The number of rotatable bonds is 4. The van der Waals surface area contributed by atoms with Gasteiger partial charge < -0.3 is 15.1 Å². The van der Waals surface area contributed by atoms with Crippen molar-refractivity contribution in [3.8, 4) is 0 Å². The molecule has 2 amide bonds. The van der Waals surface area contributed by atoms with E-state index in [4.69, 9.17) is 0 Å². The number of amides is 2. The van der Waals surface area contributed by atoms with Crippen LogP contribution in [-0.2, 0) is 9.59 Å². The molecule has 5 nitrogen and oxygen atoms in total. The minimum atomic E-state index is -0.104. The van der Waals surface area contributed by atoms with Gasteiger partial charge in [-0.1, -0.05) is 26.2 Å². The Kier molecular flexibility index (Phi) is 6.83. The van der Waals surface area contributed by atoms with Crippen LogP contribution in [0.25, 0.3) is 0 Å². The summed E-state index contributed by atoms with van der Waals surface area (Å²) in [5.74, 6) is 0.812. The lowest BCUT2D eigenvalue weighted by Gasteiger charge is -2.44. The Labute approximate surface area is 165 Å². The first kappa shape index (κ1) is 20.6. The number of hydrogen-bond acceptors (Lipinski definition) is 3. The maximum Gasteiger partial charge on any atom is 0.228 e. The molecule has 0 aromatic heterocycles. The topological polar surface area (TPSA) is 52.7 Å². The van der Waals surface area contributed by atoms with E-state index in [2.05, 4.69) is 22.0 Å². The van der Waals surface area contributed by atoms with Gasteiger partial charge in [0.15, 0.2) is 0 Å². The fourth-order valence-corrected chi connectivity index (χ4v) is 5.29. The quantitative estimate of drug-likeness (QED) is 0.819. The van der Waals surface area contributed by atoms with Crippen LogP contribution in [0.5, 0.6) is 0 Å². The van der Waals surface area contributed by atoms with E-state index in [0.29, 0.717) is 11.9 Å². The Morgan fingerprint density at radius 2 is 1.52 bits per heavy atom. The third-order valence-corrected chi connectivity index (χ3v) is 7.07. The zero-order valence-corrected chi connectivity index (χ0v) is 17.6. The zero-order valence-electron chi connectivity index (χ0n) is 17.6. The fourth-order valence-electron chi connectivity index (χ4n) is 5.29. The molecule has 1 saturated carbocycles. The molecule has 0 unspecified atom stereocenters. The van der Waals surface area contributed by atoms with Crippen LogP contribution in [0.1, 0.15) is 78.6 Å². The number of nitrogens with zero attached hydrogens (tertiary/aromatic N) is 2. The average molecular weight is 378 g/mol. The lowest BCUT2D eigenvalue weighted by atomic mass is 9.74. The van der Waals surface area contributed by atoms with Crippen molar-refractivity contribution in [2.75, 3.05) is 26.2 Å². The highest BCUT2D eigenvalue weighted by atomic mass is 16.2. The van der Waals surface area contributed by atoms with Gasteiger partial charge in [-0.15, -0.1) is 0 Å². The van der Waals surface area contributed by atoms with Gasteiger partial charge in [0, 0.05) is 36.5 Å². The highest BCUT2D eigenvalue weighted by molar-refractivity contribution is 5.82. The number of carbonyl (C=O) groups is 2. The fraction of sp³-hybridized carbons (Fsp3) is 0.909.